The summed E-state index contributed by atoms with van der Waals surface area (Å²) >= 11 is 5.91. The molecule has 2 saturated carbocycles. The van der Waals surface area contributed by atoms with Crippen LogP contribution in [0.1, 0.15) is 42.5 Å². The van der Waals surface area contributed by atoms with Crippen molar-refractivity contribution in [2.45, 2.75) is 32.1 Å². The maximum absolute atomic E-state index is 12.2. The summed E-state index contributed by atoms with van der Waals surface area (Å²) in [7, 11) is 1.48. The van der Waals surface area contributed by atoms with E-state index in [1.165, 1.54) is 32.4 Å². The number of benzene rings is 1. The Balaban J connectivity index is 1.52. The molecule has 3 atom stereocenters. The lowest BCUT2D eigenvalue weighted by atomic mass is 9.86. The summed E-state index contributed by atoms with van der Waals surface area (Å²) in [6, 6.07) is 4.77. The third-order valence-corrected chi connectivity index (χ3v) is 5.29. The first-order valence-corrected chi connectivity index (χ1v) is 8.37. The second kappa shape index (κ2) is 6.79. The summed E-state index contributed by atoms with van der Waals surface area (Å²) in [5.41, 5.74) is 5.23. The van der Waals surface area contributed by atoms with Crippen molar-refractivity contribution in [3.63, 3.8) is 0 Å². The van der Waals surface area contributed by atoms with E-state index in [1.54, 1.807) is 12.1 Å². The lowest BCUT2D eigenvalue weighted by molar-refractivity contribution is -0.123. The third kappa shape index (κ3) is 3.61. The van der Waals surface area contributed by atoms with Crippen LogP contribution < -0.4 is 15.6 Å². The molecule has 0 spiro atoms. The molecule has 0 aliphatic heterocycles. The molecule has 0 unspecified atom stereocenters. The molecular weight excluding hydrogens is 316 g/mol. The molecule has 2 bridgehead atoms. The third-order valence-electron chi connectivity index (χ3n) is 5.05. The van der Waals surface area contributed by atoms with E-state index < -0.39 is 5.91 Å². The normalized spacial score (nSPS) is 25.2. The number of hydrogen-bond acceptors (Lipinski definition) is 3. The van der Waals surface area contributed by atoms with E-state index in [2.05, 4.69) is 10.9 Å². The van der Waals surface area contributed by atoms with Crippen molar-refractivity contribution in [3.05, 3.63) is 28.8 Å². The summed E-state index contributed by atoms with van der Waals surface area (Å²) < 4.78 is 5.14. The zero-order valence-corrected chi connectivity index (χ0v) is 13.9. The largest absolute Gasteiger partial charge is 0.496 e. The zero-order chi connectivity index (χ0) is 16.4. The standard InChI is InChI=1S/C17H21ClN2O3/c1-23-15-5-4-13(18)9-14(15)17(22)20-19-16(21)8-12-7-10-2-3-11(12)6-10/h4-5,9-12H,2-3,6-8H2,1H3,(H,19,21)(H,20,22)/t10-,11-,12+/m0/s1. The minimum absolute atomic E-state index is 0.142. The Morgan fingerprint density at radius 3 is 2.74 bits per heavy atom. The van der Waals surface area contributed by atoms with E-state index in [0.29, 0.717) is 34.6 Å². The van der Waals surface area contributed by atoms with E-state index in [9.17, 15) is 9.59 Å². The number of carbonyl (C=O) groups is 2. The summed E-state index contributed by atoms with van der Waals surface area (Å²) in [6.45, 7) is 0. The van der Waals surface area contributed by atoms with Gasteiger partial charge in [0, 0.05) is 11.4 Å². The molecule has 2 aliphatic carbocycles. The van der Waals surface area contributed by atoms with Crippen molar-refractivity contribution in [2.75, 3.05) is 7.11 Å². The smallest absolute Gasteiger partial charge is 0.273 e. The number of halogens is 1. The topological polar surface area (TPSA) is 67.4 Å². The second-order valence-corrected chi connectivity index (χ2v) is 6.92. The van der Waals surface area contributed by atoms with Gasteiger partial charge in [-0.3, -0.25) is 20.4 Å². The van der Waals surface area contributed by atoms with E-state index in [0.717, 1.165) is 12.3 Å². The highest BCUT2D eigenvalue weighted by molar-refractivity contribution is 6.31. The Morgan fingerprint density at radius 2 is 2.09 bits per heavy atom. The Bertz CT molecular complexity index is 620. The van der Waals surface area contributed by atoms with Gasteiger partial charge in [-0.15, -0.1) is 0 Å². The highest BCUT2D eigenvalue weighted by Gasteiger charge is 2.40. The average Bonchev–Trinajstić information content (AvgIpc) is 3.15. The second-order valence-electron chi connectivity index (χ2n) is 6.49. The van der Waals surface area contributed by atoms with Crippen LogP contribution in [0, 0.1) is 17.8 Å². The van der Waals surface area contributed by atoms with Crippen LogP contribution in [0.15, 0.2) is 18.2 Å². The van der Waals surface area contributed by atoms with Gasteiger partial charge in [-0.2, -0.15) is 0 Å². The van der Waals surface area contributed by atoms with Gasteiger partial charge in [-0.05, 0) is 55.2 Å². The van der Waals surface area contributed by atoms with Gasteiger partial charge in [-0.1, -0.05) is 18.0 Å². The van der Waals surface area contributed by atoms with Crippen molar-refractivity contribution >= 4 is 23.4 Å². The molecule has 2 N–H and O–H groups in total. The molecule has 2 aliphatic rings. The van der Waals surface area contributed by atoms with Crippen molar-refractivity contribution < 1.29 is 14.3 Å². The quantitative estimate of drug-likeness (QED) is 0.831. The number of hydrogen-bond donors (Lipinski definition) is 2. The molecule has 5 nitrogen and oxygen atoms in total. The van der Waals surface area contributed by atoms with Gasteiger partial charge < -0.3 is 4.74 Å². The van der Waals surface area contributed by atoms with Crippen molar-refractivity contribution in [1.29, 1.82) is 0 Å². The highest BCUT2D eigenvalue weighted by Crippen LogP contribution is 2.49. The fraction of sp³-hybridized carbons (Fsp3) is 0.529. The van der Waals surface area contributed by atoms with Crippen molar-refractivity contribution in [1.82, 2.24) is 10.9 Å². The van der Waals surface area contributed by atoms with Crippen LogP contribution >= 0.6 is 11.6 Å². The number of ether oxygens (including phenoxy) is 1. The SMILES string of the molecule is COc1ccc(Cl)cc1C(=O)NNC(=O)C[C@H]1C[C@H]2CC[C@H]1C2. The molecule has 2 fully saturated rings. The number of methoxy groups -OCH3 is 1. The summed E-state index contributed by atoms with van der Waals surface area (Å²) in [5, 5.41) is 0.434. The summed E-state index contributed by atoms with van der Waals surface area (Å²) in [6.07, 6.45) is 5.45. The molecule has 0 saturated heterocycles. The molecule has 6 heteroatoms. The molecular formula is C17H21ClN2O3. The van der Waals surface area contributed by atoms with Crippen LogP contribution in [-0.2, 0) is 4.79 Å². The Hall–Kier alpha value is -1.75. The van der Waals surface area contributed by atoms with E-state index in [-0.39, 0.29) is 5.91 Å². The van der Waals surface area contributed by atoms with Crippen LogP contribution in [0.5, 0.6) is 5.75 Å². The minimum Gasteiger partial charge on any atom is -0.496 e. The molecule has 23 heavy (non-hydrogen) atoms. The van der Waals surface area contributed by atoms with Crippen LogP contribution in [0.3, 0.4) is 0 Å². The van der Waals surface area contributed by atoms with Gasteiger partial charge in [0.15, 0.2) is 0 Å². The number of amides is 2. The maximum Gasteiger partial charge on any atom is 0.273 e. The van der Waals surface area contributed by atoms with Crippen LogP contribution in [-0.4, -0.2) is 18.9 Å². The van der Waals surface area contributed by atoms with Crippen molar-refractivity contribution in [2.24, 2.45) is 17.8 Å². The predicted molar refractivity (Wildman–Crippen MR) is 87.2 cm³/mol. The number of nitrogens with one attached hydrogen (secondary N) is 2. The van der Waals surface area contributed by atoms with Crippen LogP contribution in [0.25, 0.3) is 0 Å². The van der Waals surface area contributed by atoms with E-state index in [1.807, 2.05) is 0 Å². The summed E-state index contributed by atoms with van der Waals surface area (Å²) in [5.74, 6) is 1.79. The van der Waals surface area contributed by atoms with Gasteiger partial charge in [0.05, 0.1) is 12.7 Å². The summed E-state index contributed by atoms with van der Waals surface area (Å²) in [4.78, 5) is 24.2. The Morgan fingerprint density at radius 1 is 1.26 bits per heavy atom. The molecule has 1 aromatic carbocycles. The van der Waals surface area contributed by atoms with Gasteiger partial charge in [-0.25, -0.2) is 0 Å². The number of hydrazine groups is 1. The Labute approximate surface area is 140 Å². The number of fused-ring (bicyclic) bond motifs is 2. The monoisotopic (exact) mass is 336 g/mol. The molecule has 2 amide bonds. The van der Waals surface area contributed by atoms with Gasteiger partial charge >= 0.3 is 0 Å². The molecule has 3 rings (SSSR count). The maximum atomic E-state index is 12.2. The fourth-order valence-electron chi connectivity index (χ4n) is 3.97. The van der Waals surface area contributed by atoms with Crippen LogP contribution in [0.2, 0.25) is 5.02 Å². The number of carbonyl (C=O) groups excluding carboxylic acids is 2. The minimum atomic E-state index is -0.439. The molecule has 0 radical (unpaired) electrons. The zero-order valence-electron chi connectivity index (χ0n) is 13.1. The predicted octanol–water partition coefficient (Wildman–Crippen LogP) is 2.94. The van der Waals surface area contributed by atoms with Crippen molar-refractivity contribution in [3.8, 4) is 5.75 Å². The Kier molecular flexibility index (Phi) is 4.76. The lowest BCUT2D eigenvalue weighted by Gasteiger charge is -2.21. The molecule has 0 aromatic heterocycles. The highest BCUT2D eigenvalue weighted by atomic mass is 35.5. The average molecular weight is 337 g/mol. The van der Waals surface area contributed by atoms with Crippen LogP contribution in [0.4, 0.5) is 0 Å². The fourth-order valence-corrected chi connectivity index (χ4v) is 4.14. The first-order valence-electron chi connectivity index (χ1n) is 7.99. The molecule has 0 heterocycles. The molecule has 124 valence electrons. The van der Waals surface area contributed by atoms with Gasteiger partial charge in [0.25, 0.3) is 5.91 Å². The lowest BCUT2D eigenvalue weighted by Crippen LogP contribution is -2.42. The van der Waals surface area contributed by atoms with E-state index in [4.69, 9.17) is 16.3 Å². The molecule has 1 aromatic rings. The first-order chi connectivity index (χ1) is 11.1. The van der Waals surface area contributed by atoms with Gasteiger partial charge in [0.2, 0.25) is 5.91 Å². The number of rotatable bonds is 4. The van der Waals surface area contributed by atoms with Gasteiger partial charge in [0.1, 0.15) is 5.75 Å². The first kappa shape index (κ1) is 16.1. The van der Waals surface area contributed by atoms with E-state index >= 15 is 0 Å².